The number of hydrogen-bond donors (Lipinski definition) is 1. The topological polar surface area (TPSA) is 24.9 Å². The minimum Gasteiger partial charge on any atom is -0.374 e. The Morgan fingerprint density at radius 1 is 1.05 bits per heavy atom. The third-order valence-electron chi connectivity index (χ3n) is 8.63. The predicted octanol–water partition coefficient (Wildman–Crippen LogP) is 9.44. The van der Waals surface area contributed by atoms with Crippen molar-refractivity contribution in [1.29, 1.82) is 0 Å². The van der Waals surface area contributed by atoms with Crippen molar-refractivity contribution < 1.29 is 8.78 Å². The number of hydrogen-bond acceptors (Lipinski definition) is 2. The molecule has 1 saturated carbocycles. The number of allylic oxidation sites excluding steroid dienone is 1. The van der Waals surface area contributed by atoms with Crippen molar-refractivity contribution in [3.05, 3.63) is 112 Å². The second-order valence-electron chi connectivity index (χ2n) is 11.5. The Morgan fingerprint density at radius 3 is 2.33 bits per heavy atom. The van der Waals surface area contributed by atoms with Gasteiger partial charge in [-0.15, -0.1) is 0 Å². The first-order valence-electron chi connectivity index (χ1n) is 14.1. The first-order chi connectivity index (χ1) is 18.5. The first-order valence-corrected chi connectivity index (χ1v) is 14.5. The summed E-state index contributed by atoms with van der Waals surface area (Å²) in [5, 5.41) is 4.35. The minimum atomic E-state index is -2.80. The van der Waals surface area contributed by atoms with E-state index in [1.54, 1.807) is 13.1 Å². The number of rotatable bonds is 13. The van der Waals surface area contributed by atoms with Gasteiger partial charge in [0.2, 0.25) is 0 Å². The van der Waals surface area contributed by atoms with E-state index in [2.05, 4.69) is 30.1 Å². The Kier molecular flexibility index (Phi) is 8.85. The van der Waals surface area contributed by atoms with Gasteiger partial charge in [0.05, 0.1) is 10.7 Å². The number of halogens is 3. The van der Waals surface area contributed by atoms with Crippen molar-refractivity contribution >= 4 is 11.6 Å². The largest absolute Gasteiger partial charge is 0.374 e. The third-order valence-corrected chi connectivity index (χ3v) is 8.86. The lowest BCUT2D eigenvalue weighted by atomic mass is 9.74. The van der Waals surface area contributed by atoms with E-state index >= 15 is 8.78 Å². The molecule has 2 nitrogen and oxygen atoms in total. The number of benzene rings is 2. The third kappa shape index (κ3) is 6.38. The average Bonchev–Trinajstić information content (AvgIpc) is 3.76. The van der Waals surface area contributed by atoms with Crippen LogP contribution in [0.25, 0.3) is 0 Å². The van der Waals surface area contributed by atoms with Crippen LogP contribution in [0.3, 0.4) is 0 Å². The molecule has 1 N–H and O–H groups in total. The van der Waals surface area contributed by atoms with Gasteiger partial charge in [-0.05, 0) is 72.9 Å². The van der Waals surface area contributed by atoms with Crippen LogP contribution in [-0.4, -0.2) is 10.9 Å². The lowest BCUT2D eigenvalue weighted by molar-refractivity contribution is -0.119. The molecule has 1 aliphatic carbocycles. The minimum absolute atomic E-state index is 0.267. The molecule has 1 aliphatic rings. The van der Waals surface area contributed by atoms with Crippen LogP contribution in [0.4, 0.5) is 8.78 Å². The maximum atomic E-state index is 15.7. The van der Waals surface area contributed by atoms with Crippen LogP contribution in [0.15, 0.2) is 79.1 Å². The molecule has 0 spiro atoms. The van der Waals surface area contributed by atoms with Gasteiger partial charge < -0.3 is 5.32 Å². The highest BCUT2D eigenvalue weighted by atomic mass is 35.5. The van der Waals surface area contributed by atoms with Gasteiger partial charge in [-0.1, -0.05) is 93.9 Å². The summed E-state index contributed by atoms with van der Waals surface area (Å²) in [5.74, 6) is -2.38. The molecule has 0 bridgehead atoms. The highest BCUT2D eigenvalue weighted by Crippen LogP contribution is 2.46. The Morgan fingerprint density at radius 2 is 1.77 bits per heavy atom. The fourth-order valence-corrected chi connectivity index (χ4v) is 5.75. The fourth-order valence-electron chi connectivity index (χ4n) is 5.64. The van der Waals surface area contributed by atoms with Crippen LogP contribution in [0.1, 0.15) is 80.8 Å². The number of aromatic nitrogens is 1. The van der Waals surface area contributed by atoms with E-state index in [9.17, 15) is 0 Å². The summed E-state index contributed by atoms with van der Waals surface area (Å²) < 4.78 is 31.3. The van der Waals surface area contributed by atoms with Gasteiger partial charge in [0.15, 0.2) is 0 Å². The van der Waals surface area contributed by atoms with Crippen LogP contribution in [-0.2, 0) is 18.4 Å². The number of pyridine rings is 1. The van der Waals surface area contributed by atoms with Crippen molar-refractivity contribution in [2.24, 2.45) is 11.3 Å². The molecule has 1 aromatic heterocycles. The maximum Gasteiger partial charge on any atom is 0.257 e. The van der Waals surface area contributed by atoms with E-state index < -0.39 is 16.9 Å². The molecule has 5 heteroatoms. The molecule has 0 radical (unpaired) electrons. The van der Waals surface area contributed by atoms with Crippen LogP contribution in [0, 0.1) is 18.3 Å². The molecular formula is C34H41ClF2N2. The van der Waals surface area contributed by atoms with Gasteiger partial charge >= 0.3 is 0 Å². The predicted molar refractivity (Wildman–Crippen MR) is 158 cm³/mol. The molecule has 39 heavy (non-hydrogen) atoms. The van der Waals surface area contributed by atoms with Crippen molar-refractivity contribution in [3.63, 3.8) is 0 Å². The Balaban J connectivity index is 1.80. The van der Waals surface area contributed by atoms with Crippen LogP contribution in [0.5, 0.6) is 0 Å². The zero-order valence-corrected chi connectivity index (χ0v) is 24.4. The zero-order valence-electron chi connectivity index (χ0n) is 23.7. The first kappa shape index (κ1) is 29.3. The van der Waals surface area contributed by atoms with Crippen molar-refractivity contribution in [2.75, 3.05) is 0 Å². The van der Waals surface area contributed by atoms with Crippen LogP contribution < -0.4 is 5.32 Å². The van der Waals surface area contributed by atoms with E-state index in [1.807, 2.05) is 63.2 Å². The van der Waals surface area contributed by atoms with Crippen molar-refractivity contribution in [2.45, 2.75) is 84.1 Å². The average molecular weight is 551 g/mol. The second kappa shape index (κ2) is 11.8. The quantitative estimate of drug-likeness (QED) is 0.229. The van der Waals surface area contributed by atoms with E-state index in [4.69, 9.17) is 16.6 Å². The van der Waals surface area contributed by atoms with Crippen molar-refractivity contribution in [1.82, 2.24) is 10.3 Å². The number of nitrogens with one attached hydrogen (secondary N) is 1. The van der Waals surface area contributed by atoms with E-state index in [0.717, 1.165) is 47.3 Å². The number of aryl methyl sites for hydroxylation is 1. The van der Waals surface area contributed by atoms with Gasteiger partial charge in [0.25, 0.3) is 5.92 Å². The summed E-state index contributed by atoms with van der Waals surface area (Å²) >= 11 is 6.24. The standard InChI is InChI=1S/C34H41ClF2N2/c1-6-19-32(5,7-2)34(36,37)22-28-15-16-29(20-24(28)3)33(39-25(4)27-13-14-27,21-26-11-9-8-10-12-26)31-18-17-30(35)23-38-31/h8-12,15-18,20,23,27,39H,4,6-7,13-14,19,21-22H2,1-3,5H3/t32-,33?/m0/s1. The van der Waals surface area contributed by atoms with Gasteiger partial charge in [0.1, 0.15) is 5.54 Å². The van der Waals surface area contributed by atoms with E-state index in [-0.39, 0.29) is 6.42 Å². The molecule has 1 unspecified atom stereocenters. The Bertz CT molecular complexity index is 1270. The van der Waals surface area contributed by atoms with Crippen molar-refractivity contribution in [3.8, 4) is 0 Å². The summed E-state index contributed by atoms with van der Waals surface area (Å²) in [5.41, 5.74) is 3.67. The summed E-state index contributed by atoms with van der Waals surface area (Å²) in [7, 11) is 0. The summed E-state index contributed by atoms with van der Waals surface area (Å²) in [6.45, 7) is 11.9. The van der Waals surface area contributed by atoms with Gasteiger partial charge in [-0.3, -0.25) is 4.98 Å². The highest BCUT2D eigenvalue weighted by Gasteiger charge is 2.48. The Labute approximate surface area is 237 Å². The molecule has 208 valence electrons. The molecule has 1 heterocycles. The fraction of sp³-hybridized carbons (Fsp3) is 0.441. The molecule has 2 atom stereocenters. The zero-order chi connectivity index (χ0) is 28.3. The molecule has 0 aliphatic heterocycles. The lowest BCUT2D eigenvalue weighted by Crippen LogP contribution is -2.46. The van der Waals surface area contributed by atoms with E-state index in [1.165, 1.54) is 0 Å². The maximum absolute atomic E-state index is 15.7. The van der Waals surface area contributed by atoms with E-state index in [0.29, 0.717) is 35.8 Å². The molecule has 4 rings (SSSR count). The van der Waals surface area contributed by atoms with Gasteiger partial charge in [-0.25, -0.2) is 8.78 Å². The molecule has 1 fully saturated rings. The summed E-state index contributed by atoms with van der Waals surface area (Å²) in [4.78, 5) is 4.78. The van der Waals surface area contributed by atoms with Gasteiger partial charge in [-0.2, -0.15) is 0 Å². The number of alkyl halides is 2. The number of nitrogens with zero attached hydrogens (tertiary/aromatic N) is 1. The summed E-state index contributed by atoms with van der Waals surface area (Å²) in [6, 6.07) is 20.0. The highest BCUT2D eigenvalue weighted by molar-refractivity contribution is 6.30. The molecule has 0 saturated heterocycles. The summed E-state index contributed by atoms with van der Waals surface area (Å²) in [6.07, 6.45) is 5.93. The monoisotopic (exact) mass is 550 g/mol. The molecule has 3 aromatic rings. The van der Waals surface area contributed by atoms with Gasteiger partial charge in [0, 0.05) is 30.2 Å². The SMILES string of the molecule is C=C(NC(Cc1ccccc1)(c1ccc(CC(F)(F)[C@@](C)(CC)CCC)c(C)c1)c1ccc(Cl)cn1)C1CC1. The van der Waals surface area contributed by atoms with Crippen LogP contribution in [0.2, 0.25) is 5.02 Å². The molecule has 0 amide bonds. The molecular weight excluding hydrogens is 510 g/mol. The molecule has 2 aromatic carbocycles. The lowest BCUT2D eigenvalue weighted by Gasteiger charge is -2.39. The smallest absolute Gasteiger partial charge is 0.257 e. The second-order valence-corrected chi connectivity index (χ2v) is 12.0. The Hall–Kier alpha value is -2.72. The normalized spacial score (nSPS) is 16.8. The van der Waals surface area contributed by atoms with Crippen LogP contribution >= 0.6 is 11.6 Å².